The van der Waals surface area contributed by atoms with Crippen LogP contribution in [0, 0.1) is 22.7 Å². The molecule has 0 bridgehead atoms. The van der Waals surface area contributed by atoms with Crippen LogP contribution in [-0.2, 0) is 16.1 Å². The molecule has 7 nitrogen and oxygen atoms in total. The Hall–Kier alpha value is -2.38. The third-order valence-electron chi connectivity index (χ3n) is 1.99. The number of rotatable bonds is 5. The maximum atomic E-state index is 11.4. The van der Waals surface area contributed by atoms with E-state index in [1.165, 1.54) is 18.0 Å². The lowest BCUT2D eigenvalue weighted by Gasteiger charge is -2.05. The normalized spacial score (nSPS) is 9.35. The zero-order chi connectivity index (χ0) is 12.7. The van der Waals surface area contributed by atoms with Crippen molar-refractivity contribution in [3.63, 3.8) is 0 Å². The zero-order valence-corrected chi connectivity index (χ0v) is 9.30. The molecule has 0 aliphatic rings. The Bertz CT molecular complexity index is 480. The van der Waals surface area contributed by atoms with Crippen molar-refractivity contribution in [3.8, 4) is 12.1 Å². The Morgan fingerprint density at radius 2 is 2.35 bits per heavy atom. The van der Waals surface area contributed by atoms with Crippen LogP contribution in [-0.4, -0.2) is 35.7 Å². The summed E-state index contributed by atoms with van der Waals surface area (Å²) in [6.07, 6.45) is 1.30. The van der Waals surface area contributed by atoms with Gasteiger partial charge in [0.25, 0.3) is 0 Å². The molecule has 0 aliphatic carbocycles. The fourth-order valence-corrected chi connectivity index (χ4v) is 1.20. The Labute approximate surface area is 98.2 Å². The molecule has 0 spiro atoms. The van der Waals surface area contributed by atoms with Crippen molar-refractivity contribution >= 4 is 5.91 Å². The summed E-state index contributed by atoms with van der Waals surface area (Å²) in [6.45, 7) is 0.780. The van der Waals surface area contributed by atoms with Crippen LogP contribution in [0.3, 0.4) is 0 Å². The number of nitriles is 2. The number of carbonyl (C=O) groups excluding carboxylic acids is 1. The van der Waals surface area contributed by atoms with Gasteiger partial charge in [-0.1, -0.05) is 0 Å². The first kappa shape index (κ1) is 12.7. The average Bonchev–Trinajstić information content (AvgIpc) is 2.71. The highest BCUT2D eigenvalue weighted by Gasteiger charge is 2.12. The molecule has 1 aromatic heterocycles. The summed E-state index contributed by atoms with van der Waals surface area (Å²) in [5, 5.41) is 20.1. The van der Waals surface area contributed by atoms with E-state index in [4.69, 9.17) is 15.3 Å². The third kappa shape index (κ3) is 3.30. The van der Waals surface area contributed by atoms with Gasteiger partial charge in [0.1, 0.15) is 18.7 Å². The minimum Gasteiger partial charge on any atom is -0.383 e. The van der Waals surface area contributed by atoms with Gasteiger partial charge in [0.05, 0.1) is 12.9 Å². The fourth-order valence-electron chi connectivity index (χ4n) is 1.20. The van der Waals surface area contributed by atoms with Gasteiger partial charge in [0, 0.05) is 13.7 Å². The standard InChI is InChI=1S/C10H11N5O2/c1-17-3-2-13-10(16)6-15-7-14-8(4-11)9(15)5-12/h7H,2-3,6H2,1H3,(H,13,16). The van der Waals surface area contributed by atoms with Crippen molar-refractivity contribution in [2.45, 2.75) is 6.54 Å². The number of ether oxygens (including phenoxy) is 1. The molecule has 0 saturated carbocycles. The topological polar surface area (TPSA) is 104 Å². The number of hydrogen-bond acceptors (Lipinski definition) is 5. The van der Waals surface area contributed by atoms with E-state index >= 15 is 0 Å². The van der Waals surface area contributed by atoms with Crippen LogP contribution < -0.4 is 5.32 Å². The molecule has 1 aromatic rings. The van der Waals surface area contributed by atoms with E-state index in [-0.39, 0.29) is 23.8 Å². The molecule has 88 valence electrons. The first-order valence-electron chi connectivity index (χ1n) is 4.84. The minimum atomic E-state index is -0.263. The Balaban J connectivity index is 2.64. The summed E-state index contributed by atoms with van der Waals surface area (Å²) in [6, 6.07) is 3.63. The van der Waals surface area contributed by atoms with E-state index in [2.05, 4.69) is 10.3 Å². The molecule has 0 aromatic carbocycles. The molecule has 17 heavy (non-hydrogen) atoms. The van der Waals surface area contributed by atoms with Crippen molar-refractivity contribution in [1.29, 1.82) is 10.5 Å². The lowest BCUT2D eigenvalue weighted by molar-refractivity contribution is -0.121. The third-order valence-corrected chi connectivity index (χ3v) is 1.99. The molecule has 0 aliphatic heterocycles. The summed E-state index contributed by atoms with van der Waals surface area (Å²) in [5.74, 6) is -0.263. The number of nitrogens with one attached hydrogen (secondary N) is 1. The van der Waals surface area contributed by atoms with Gasteiger partial charge in [-0.15, -0.1) is 0 Å². The number of imidazole rings is 1. The number of aromatic nitrogens is 2. The van der Waals surface area contributed by atoms with Crippen LogP contribution in [0.5, 0.6) is 0 Å². The quantitative estimate of drug-likeness (QED) is 0.683. The number of nitrogens with zero attached hydrogens (tertiary/aromatic N) is 4. The average molecular weight is 233 g/mol. The highest BCUT2D eigenvalue weighted by atomic mass is 16.5. The Kier molecular flexibility index (Phi) is 4.67. The summed E-state index contributed by atoms with van der Waals surface area (Å²) in [5.41, 5.74) is 0.117. The van der Waals surface area contributed by atoms with Crippen LogP contribution >= 0.6 is 0 Å². The van der Waals surface area contributed by atoms with Gasteiger partial charge in [0.15, 0.2) is 11.4 Å². The fraction of sp³-hybridized carbons (Fsp3) is 0.400. The summed E-state index contributed by atoms with van der Waals surface area (Å²) >= 11 is 0. The maximum Gasteiger partial charge on any atom is 0.240 e. The van der Waals surface area contributed by atoms with Crippen molar-refractivity contribution < 1.29 is 9.53 Å². The van der Waals surface area contributed by atoms with Crippen molar-refractivity contribution in [3.05, 3.63) is 17.7 Å². The monoisotopic (exact) mass is 233 g/mol. The Morgan fingerprint density at radius 3 is 2.94 bits per heavy atom. The van der Waals surface area contributed by atoms with E-state index in [9.17, 15) is 4.79 Å². The van der Waals surface area contributed by atoms with E-state index < -0.39 is 0 Å². The van der Waals surface area contributed by atoms with Gasteiger partial charge in [-0.2, -0.15) is 10.5 Å². The van der Waals surface area contributed by atoms with Gasteiger partial charge in [-0.3, -0.25) is 4.79 Å². The van der Waals surface area contributed by atoms with Crippen LogP contribution in [0.2, 0.25) is 0 Å². The lowest BCUT2D eigenvalue weighted by atomic mass is 10.3. The van der Waals surface area contributed by atoms with Gasteiger partial charge in [-0.25, -0.2) is 4.98 Å². The molecule has 1 heterocycles. The van der Waals surface area contributed by atoms with Gasteiger partial charge in [-0.05, 0) is 0 Å². The molecule has 1 rings (SSSR count). The predicted octanol–water partition coefficient (Wildman–Crippen LogP) is -0.611. The SMILES string of the molecule is COCCNC(=O)Cn1cnc(C#N)c1C#N. The number of methoxy groups -OCH3 is 1. The van der Waals surface area contributed by atoms with Gasteiger partial charge in [0.2, 0.25) is 5.91 Å². The van der Waals surface area contributed by atoms with E-state index in [1.807, 2.05) is 6.07 Å². The lowest BCUT2D eigenvalue weighted by Crippen LogP contribution is -2.30. The second-order valence-electron chi connectivity index (χ2n) is 3.14. The molecule has 0 fully saturated rings. The second-order valence-corrected chi connectivity index (χ2v) is 3.14. The van der Waals surface area contributed by atoms with Crippen LogP contribution in [0.4, 0.5) is 0 Å². The first-order valence-corrected chi connectivity index (χ1v) is 4.84. The maximum absolute atomic E-state index is 11.4. The second kappa shape index (κ2) is 6.26. The van der Waals surface area contributed by atoms with Crippen LogP contribution in [0.1, 0.15) is 11.4 Å². The van der Waals surface area contributed by atoms with Crippen molar-refractivity contribution in [1.82, 2.24) is 14.9 Å². The number of amides is 1. The zero-order valence-electron chi connectivity index (χ0n) is 9.30. The summed E-state index contributed by atoms with van der Waals surface area (Å²) in [7, 11) is 1.54. The molecular weight excluding hydrogens is 222 g/mol. The summed E-state index contributed by atoms with van der Waals surface area (Å²) in [4.78, 5) is 15.2. The van der Waals surface area contributed by atoms with Crippen molar-refractivity contribution in [2.75, 3.05) is 20.3 Å². The molecule has 1 N–H and O–H groups in total. The van der Waals surface area contributed by atoms with Crippen LogP contribution in [0.15, 0.2) is 6.33 Å². The minimum absolute atomic E-state index is 0.0252. The predicted molar refractivity (Wildman–Crippen MR) is 56.5 cm³/mol. The Morgan fingerprint density at radius 1 is 1.59 bits per heavy atom. The molecule has 0 radical (unpaired) electrons. The van der Waals surface area contributed by atoms with E-state index in [1.54, 1.807) is 6.07 Å². The highest BCUT2D eigenvalue weighted by molar-refractivity contribution is 5.75. The molecular formula is C10H11N5O2. The first-order chi connectivity index (χ1) is 8.22. The highest BCUT2D eigenvalue weighted by Crippen LogP contribution is 2.04. The van der Waals surface area contributed by atoms with E-state index in [0.29, 0.717) is 13.2 Å². The van der Waals surface area contributed by atoms with Gasteiger partial charge < -0.3 is 14.6 Å². The molecule has 1 amide bonds. The van der Waals surface area contributed by atoms with Crippen molar-refractivity contribution in [2.24, 2.45) is 0 Å². The molecule has 0 atom stereocenters. The summed E-state index contributed by atoms with van der Waals surface area (Å²) < 4.78 is 6.11. The van der Waals surface area contributed by atoms with Crippen LogP contribution in [0.25, 0.3) is 0 Å². The smallest absolute Gasteiger partial charge is 0.240 e. The molecule has 7 heteroatoms. The van der Waals surface area contributed by atoms with Gasteiger partial charge >= 0.3 is 0 Å². The molecule has 0 saturated heterocycles. The largest absolute Gasteiger partial charge is 0.383 e. The number of hydrogen-bond donors (Lipinski definition) is 1. The van der Waals surface area contributed by atoms with E-state index in [0.717, 1.165) is 0 Å². The number of carbonyl (C=O) groups is 1. The molecule has 0 unspecified atom stereocenters.